The average Bonchev–Trinajstić information content (AvgIpc) is 2.95. The molecule has 0 radical (unpaired) electrons. The van der Waals surface area contributed by atoms with Crippen molar-refractivity contribution in [1.29, 1.82) is 0 Å². The summed E-state index contributed by atoms with van der Waals surface area (Å²) in [6, 6.07) is 2.75. The fourth-order valence-electron chi connectivity index (χ4n) is 2.77. The maximum absolute atomic E-state index is 12.8. The summed E-state index contributed by atoms with van der Waals surface area (Å²) >= 11 is 5.73. The number of fused-ring (bicyclic) bond motifs is 1. The summed E-state index contributed by atoms with van der Waals surface area (Å²) in [5.41, 5.74) is 4.42. The van der Waals surface area contributed by atoms with E-state index in [1.54, 1.807) is 6.92 Å². The van der Waals surface area contributed by atoms with Gasteiger partial charge in [-0.15, -0.1) is 0 Å². The molecular formula is C15H14ClF3N4O2S. The Morgan fingerprint density at radius 1 is 1.38 bits per heavy atom. The maximum atomic E-state index is 12.8. The third-order valence-corrected chi connectivity index (χ3v) is 4.26. The van der Waals surface area contributed by atoms with Gasteiger partial charge >= 0.3 is 6.18 Å². The van der Waals surface area contributed by atoms with Gasteiger partial charge < -0.3 is 10.6 Å². The molecular weight excluding hydrogens is 393 g/mol. The van der Waals surface area contributed by atoms with Gasteiger partial charge in [-0.3, -0.25) is 14.3 Å². The maximum Gasteiger partial charge on any atom is 0.417 e. The zero-order valence-corrected chi connectivity index (χ0v) is 15.1. The zero-order chi connectivity index (χ0) is 18.5. The fourth-order valence-corrected chi connectivity index (χ4v) is 3.05. The molecule has 11 heteroatoms. The molecule has 1 aliphatic heterocycles. The van der Waals surface area contributed by atoms with Gasteiger partial charge in [0.25, 0.3) is 11.8 Å². The van der Waals surface area contributed by atoms with Gasteiger partial charge in [0, 0.05) is 12.2 Å². The lowest BCUT2D eigenvalue weighted by Gasteiger charge is -2.32. The van der Waals surface area contributed by atoms with Crippen LogP contribution in [0, 0.1) is 0 Å². The van der Waals surface area contributed by atoms with Crippen molar-refractivity contribution in [1.82, 2.24) is 9.78 Å². The second kappa shape index (κ2) is 6.84. The lowest BCUT2D eigenvalue weighted by atomic mass is 10.1. The van der Waals surface area contributed by atoms with Crippen LogP contribution in [0.1, 0.15) is 39.4 Å². The summed E-state index contributed by atoms with van der Waals surface area (Å²) in [4.78, 5) is 25.5. The molecule has 2 amide bonds. The fraction of sp³-hybridized carbons (Fsp3) is 0.267. The molecule has 0 saturated carbocycles. The average molecular weight is 407 g/mol. The summed E-state index contributed by atoms with van der Waals surface area (Å²) < 4.78 is 39.9. The standard InChI is InChI=1S/C15H12ClF3N4O2.H2S/c1-7-6-22(8-2-3-10(11(16)4-8)15(17,18)19)14(25)12-9(13(20)24)5-21-23(7)12;/h2-5,7H,6H2,1H3,(H2,20,24);1H2/t7-;/m0./s1. The van der Waals surface area contributed by atoms with Crippen molar-refractivity contribution >= 4 is 42.6 Å². The molecule has 2 aromatic rings. The Labute approximate surface area is 158 Å². The molecule has 6 nitrogen and oxygen atoms in total. The number of hydrogen-bond acceptors (Lipinski definition) is 3. The van der Waals surface area contributed by atoms with Crippen molar-refractivity contribution in [3.05, 3.63) is 46.2 Å². The first-order valence-corrected chi connectivity index (χ1v) is 7.55. The number of anilines is 1. The van der Waals surface area contributed by atoms with E-state index in [4.69, 9.17) is 17.3 Å². The first-order chi connectivity index (χ1) is 11.6. The van der Waals surface area contributed by atoms with E-state index in [0.29, 0.717) is 0 Å². The third-order valence-electron chi connectivity index (χ3n) is 3.94. The van der Waals surface area contributed by atoms with Crippen LogP contribution in [0.4, 0.5) is 18.9 Å². The van der Waals surface area contributed by atoms with Crippen LogP contribution in [0.5, 0.6) is 0 Å². The molecule has 0 fully saturated rings. The minimum Gasteiger partial charge on any atom is -0.365 e. The number of amides is 2. The molecule has 3 rings (SSSR count). The van der Waals surface area contributed by atoms with E-state index < -0.39 is 28.6 Å². The second-order valence-electron chi connectivity index (χ2n) is 5.64. The van der Waals surface area contributed by atoms with Gasteiger partial charge in [0.2, 0.25) is 0 Å². The Morgan fingerprint density at radius 3 is 2.58 bits per heavy atom. The normalized spacial score (nSPS) is 16.9. The monoisotopic (exact) mass is 406 g/mol. The molecule has 0 saturated heterocycles. The number of rotatable bonds is 2. The van der Waals surface area contributed by atoms with Crippen molar-refractivity contribution < 1.29 is 22.8 Å². The largest absolute Gasteiger partial charge is 0.417 e. The number of alkyl halides is 3. The molecule has 2 N–H and O–H groups in total. The number of carbonyl (C=O) groups excluding carboxylic acids is 2. The van der Waals surface area contributed by atoms with E-state index in [9.17, 15) is 22.8 Å². The van der Waals surface area contributed by atoms with Crippen molar-refractivity contribution in [3.63, 3.8) is 0 Å². The summed E-state index contributed by atoms with van der Waals surface area (Å²) in [6.07, 6.45) is -3.39. The van der Waals surface area contributed by atoms with Gasteiger partial charge in [-0.25, -0.2) is 0 Å². The smallest absolute Gasteiger partial charge is 0.365 e. The summed E-state index contributed by atoms with van der Waals surface area (Å²) in [5, 5.41) is 3.48. The molecule has 1 aromatic carbocycles. The van der Waals surface area contributed by atoms with E-state index >= 15 is 0 Å². The highest BCUT2D eigenvalue weighted by molar-refractivity contribution is 7.59. The Morgan fingerprint density at radius 2 is 2.04 bits per heavy atom. The first-order valence-electron chi connectivity index (χ1n) is 7.17. The number of carbonyl (C=O) groups is 2. The van der Waals surface area contributed by atoms with Crippen LogP contribution in [0.15, 0.2) is 24.4 Å². The molecule has 0 unspecified atom stereocenters. The molecule has 0 bridgehead atoms. The first kappa shape index (κ1) is 20.1. The molecule has 1 aromatic heterocycles. The SMILES string of the molecule is C[C@H]1CN(c2ccc(C(F)(F)F)c(Cl)c2)C(=O)c2c(C(N)=O)cnn21.S. The number of nitrogens with two attached hydrogens (primary N) is 1. The predicted molar refractivity (Wildman–Crippen MR) is 94.0 cm³/mol. The topological polar surface area (TPSA) is 81.2 Å². The van der Waals surface area contributed by atoms with Gasteiger partial charge in [0.15, 0.2) is 0 Å². The van der Waals surface area contributed by atoms with E-state index in [2.05, 4.69) is 5.10 Å². The Hall–Kier alpha value is -2.20. The quantitative estimate of drug-likeness (QED) is 0.832. The number of nitrogens with zero attached hydrogens (tertiary/aromatic N) is 3. The second-order valence-corrected chi connectivity index (χ2v) is 6.05. The number of halogens is 4. The van der Waals surface area contributed by atoms with E-state index in [1.807, 2.05) is 0 Å². The molecule has 0 aliphatic carbocycles. The Balaban J connectivity index is 0.00000243. The molecule has 2 heterocycles. The van der Waals surface area contributed by atoms with E-state index in [-0.39, 0.29) is 43.0 Å². The van der Waals surface area contributed by atoms with Crippen LogP contribution in [-0.4, -0.2) is 28.1 Å². The number of hydrogen-bond donors (Lipinski definition) is 1. The number of benzene rings is 1. The highest BCUT2D eigenvalue weighted by Gasteiger charge is 2.37. The highest BCUT2D eigenvalue weighted by atomic mass is 35.5. The van der Waals surface area contributed by atoms with Gasteiger partial charge in [-0.05, 0) is 25.1 Å². The lowest BCUT2D eigenvalue weighted by Crippen LogP contribution is -2.43. The third kappa shape index (κ3) is 3.26. The van der Waals surface area contributed by atoms with Crippen LogP contribution < -0.4 is 10.6 Å². The van der Waals surface area contributed by atoms with Gasteiger partial charge in [-0.1, -0.05) is 11.6 Å². The lowest BCUT2D eigenvalue weighted by molar-refractivity contribution is -0.137. The molecule has 1 atom stereocenters. The van der Waals surface area contributed by atoms with Gasteiger partial charge in [0.1, 0.15) is 5.69 Å². The van der Waals surface area contributed by atoms with Crippen LogP contribution in [0.25, 0.3) is 0 Å². The van der Waals surface area contributed by atoms with E-state index in [1.165, 1.54) is 15.8 Å². The van der Waals surface area contributed by atoms with Crippen LogP contribution in [0.2, 0.25) is 5.02 Å². The summed E-state index contributed by atoms with van der Waals surface area (Å²) in [6.45, 7) is 1.92. The summed E-state index contributed by atoms with van der Waals surface area (Å²) in [5.74, 6) is -1.39. The minimum absolute atomic E-state index is 0. The van der Waals surface area contributed by atoms with Gasteiger partial charge in [0.05, 0.1) is 28.4 Å². The Bertz CT molecular complexity index is 884. The highest BCUT2D eigenvalue weighted by Crippen LogP contribution is 2.37. The van der Waals surface area contributed by atoms with Crippen LogP contribution >= 0.6 is 25.1 Å². The van der Waals surface area contributed by atoms with E-state index in [0.717, 1.165) is 18.2 Å². The minimum atomic E-state index is -4.59. The number of primary amides is 1. The molecule has 140 valence electrons. The van der Waals surface area contributed by atoms with Crippen LogP contribution in [0.3, 0.4) is 0 Å². The number of aromatic nitrogens is 2. The molecule has 0 spiro atoms. The van der Waals surface area contributed by atoms with Crippen molar-refractivity contribution in [2.24, 2.45) is 5.73 Å². The van der Waals surface area contributed by atoms with Crippen LogP contribution in [-0.2, 0) is 6.18 Å². The van der Waals surface area contributed by atoms with Crippen molar-refractivity contribution in [2.75, 3.05) is 11.4 Å². The Kier molecular flexibility index (Phi) is 5.29. The van der Waals surface area contributed by atoms with Gasteiger partial charge in [-0.2, -0.15) is 31.8 Å². The van der Waals surface area contributed by atoms with Crippen molar-refractivity contribution in [2.45, 2.75) is 19.1 Å². The molecule has 26 heavy (non-hydrogen) atoms. The summed E-state index contributed by atoms with van der Waals surface area (Å²) in [7, 11) is 0. The molecule has 1 aliphatic rings. The zero-order valence-electron chi connectivity index (χ0n) is 13.3. The predicted octanol–water partition coefficient (Wildman–Crippen LogP) is 2.99. The van der Waals surface area contributed by atoms with Crippen molar-refractivity contribution in [3.8, 4) is 0 Å².